The summed E-state index contributed by atoms with van der Waals surface area (Å²) in [7, 11) is 0. The van der Waals surface area contributed by atoms with Crippen LogP contribution in [0.5, 0.6) is 0 Å². The molecule has 90 valence electrons. The molecular weight excluding hydrogens is 190 g/mol. The largest absolute Gasteiger partial charge is 0.396 e. The Kier molecular flexibility index (Phi) is 6.98. The van der Waals surface area contributed by atoms with Crippen molar-refractivity contribution < 1.29 is 9.84 Å². The van der Waals surface area contributed by atoms with Gasteiger partial charge in [-0.05, 0) is 38.6 Å². The monoisotopic (exact) mass is 215 g/mol. The van der Waals surface area contributed by atoms with Crippen LogP contribution >= 0.6 is 0 Å². The van der Waals surface area contributed by atoms with Gasteiger partial charge in [-0.15, -0.1) is 0 Å². The lowest BCUT2D eigenvalue weighted by Crippen LogP contribution is -2.37. The summed E-state index contributed by atoms with van der Waals surface area (Å²) >= 11 is 0. The molecule has 0 radical (unpaired) electrons. The van der Waals surface area contributed by atoms with Crippen molar-refractivity contribution in [3.8, 4) is 0 Å². The van der Waals surface area contributed by atoms with Gasteiger partial charge in [0.15, 0.2) is 0 Å². The lowest BCUT2D eigenvalue weighted by molar-refractivity contribution is -0.00644. The first-order valence-electron chi connectivity index (χ1n) is 6.31. The summed E-state index contributed by atoms with van der Waals surface area (Å²) in [6.07, 6.45) is 6.24. The van der Waals surface area contributed by atoms with Crippen LogP contribution in [0.2, 0.25) is 0 Å². The van der Waals surface area contributed by atoms with Gasteiger partial charge in [0, 0.05) is 26.3 Å². The molecule has 1 unspecified atom stereocenters. The van der Waals surface area contributed by atoms with Gasteiger partial charge in [-0.3, -0.25) is 0 Å². The van der Waals surface area contributed by atoms with E-state index in [0.29, 0.717) is 12.7 Å². The highest BCUT2D eigenvalue weighted by Gasteiger charge is 2.16. The first kappa shape index (κ1) is 12.9. The van der Waals surface area contributed by atoms with Gasteiger partial charge in [0.2, 0.25) is 0 Å². The van der Waals surface area contributed by atoms with Crippen molar-refractivity contribution in [2.45, 2.75) is 45.1 Å². The molecule has 1 rings (SSSR count). The van der Waals surface area contributed by atoms with Crippen LogP contribution in [0, 0.1) is 0 Å². The molecule has 15 heavy (non-hydrogen) atoms. The number of aliphatic hydroxyl groups excluding tert-OH is 1. The Morgan fingerprint density at radius 2 is 2.20 bits per heavy atom. The highest BCUT2D eigenvalue weighted by molar-refractivity contribution is 4.69. The van der Waals surface area contributed by atoms with Crippen molar-refractivity contribution in [2.75, 3.05) is 32.8 Å². The van der Waals surface area contributed by atoms with E-state index in [1.165, 1.54) is 25.7 Å². The molecule has 1 N–H and O–H groups in total. The Bertz CT molecular complexity index is 147. The smallest absolute Gasteiger partial charge is 0.0702 e. The second-order valence-corrected chi connectivity index (χ2v) is 4.37. The van der Waals surface area contributed by atoms with Crippen molar-refractivity contribution >= 4 is 0 Å². The van der Waals surface area contributed by atoms with Gasteiger partial charge in [-0.1, -0.05) is 6.92 Å². The number of rotatable bonds is 7. The Balaban J connectivity index is 2.21. The quantitative estimate of drug-likeness (QED) is 0.701. The van der Waals surface area contributed by atoms with E-state index < -0.39 is 0 Å². The molecule has 1 fully saturated rings. The van der Waals surface area contributed by atoms with Crippen LogP contribution in [0.25, 0.3) is 0 Å². The van der Waals surface area contributed by atoms with Gasteiger partial charge in [-0.25, -0.2) is 0 Å². The van der Waals surface area contributed by atoms with Crippen molar-refractivity contribution in [3.05, 3.63) is 0 Å². The molecule has 1 saturated heterocycles. The third-order valence-corrected chi connectivity index (χ3v) is 2.91. The van der Waals surface area contributed by atoms with Gasteiger partial charge < -0.3 is 14.7 Å². The molecule has 0 aromatic heterocycles. The molecule has 1 aliphatic rings. The highest BCUT2D eigenvalue weighted by Crippen LogP contribution is 2.14. The van der Waals surface area contributed by atoms with Gasteiger partial charge in [0.1, 0.15) is 0 Å². The first-order chi connectivity index (χ1) is 7.36. The van der Waals surface area contributed by atoms with E-state index in [0.717, 1.165) is 32.7 Å². The fourth-order valence-corrected chi connectivity index (χ4v) is 2.14. The summed E-state index contributed by atoms with van der Waals surface area (Å²) < 4.78 is 5.73. The lowest BCUT2D eigenvalue weighted by Gasteiger charge is -2.29. The molecule has 0 amide bonds. The number of ether oxygens (including phenoxy) is 1. The van der Waals surface area contributed by atoms with E-state index >= 15 is 0 Å². The summed E-state index contributed by atoms with van der Waals surface area (Å²) in [6, 6.07) is 0. The molecule has 1 aliphatic heterocycles. The highest BCUT2D eigenvalue weighted by atomic mass is 16.5. The molecule has 1 atom stereocenters. The minimum atomic E-state index is 0.297. The zero-order valence-electron chi connectivity index (χ0n) is 9.95. The van der Waals surface area contributed by atoms with E-state index in [-0.39, 0.29) is 0 Å². The van der Waals surface area contributed by atoms with Crippen LogP contribution in [0.4, 0.5) is 0 Å². The van der Waals surface area contributed by atoms with Gasteiger partial charge in [0.05, 0.1) is 6.10 Å². The normalized spacial score (nSPS) is 22.2. The third kappa shape index (κ3) is 5.50. The maximum Gasteiger partial charge on any atom is 0.0702 e. The molecule has 0 aromatic carbocycles. The lowest BCUT2D eigenvalue weighted by atomic mass is 10.1. The SMILES string of the molecule is CCCN(CCCO)CC1CCCCO1. The van der Waals surface area contributed by atoms with Crippen molar-refractivity contribution in [2.24, 2.45) is 0 Å². The fraction of sp³-hybridized carbons (Fsp3) is 1.00. The minimum Gasteiger partial charge on any atom is -0.396 e. The van der Waals surface area contributed by atoms with E-state index in [1.54, 1.807) is 0 Å². The Morgan fingerprint density at radius 3 is 2.80 bits per heavy atom. The summed E-state index contributed by atoms with van der Waals surface area (Å²) in [5.74, 6) is 0. The average molecular weight is 215 g/mol. The maximum atomic E-state index is 8.83. The van der Waals surface area contributed by atoms with Crippen LogP contribution in [0.15, 0.2) is 0 Å². The Hall–Kier alpha value is -0.120. The topological polar surface area (TPSA) is 32.7 Å². The van der Waals surface area contributed by atoms with Crippen LogP contribution < -0.4 is 0 Å². The molecule has 0 saturated carbocycles. The number of hydrogen-bond donors (Lipinski definition) is 1. The second-order valence-electron chi connectivity index (χ2n) is 4.37. The number of hydrogen-bond acceptors (Lipinski definition) is 3. The molecule has 0 aliphatic carbocycles. The van der Waals surface area contributed by atoms with Gasteiger partial charge in [-0.2, -0.15) is 0 Å². The van der Waals surface area contributed by atoms with E-state index in [2.05, 4.69) is 11.8 Å². The Morgan fingerprint density at radius 1 is 1.33 bits per heavy atom. The minimum absolute atomic E-state index is 0.297. The van der Waals surface area contributed by atoms with Crippen LogP contribution in [-0.2, 0) is 4.74 Å². The van der Waals surface area contributed by atoms with Crippen LogP contribution in [0.3, 0.4) is 0 Å². The summed E-state index contributed by atoms with van der Waals surface area (Å²) in [5.41, 5.74) is 0. The number of aliphatic hydroxyl groups is 1. The molecule has 0 spiro atoms. The van der Waals surface area contributed by atoms with E-state index in [1.807, 2.05) is 0 Å². The average Bonchev–Trinajstić information content (AvgIpc) is 2.28. The van der Waals surface area contributed by atoms with E-state index in [4.69, 9.17) is 9.84 Å². The van der Waals surface area contributed by atoms with Crippen molar-refractivity contribution in [3.63, 3.8) is 0 Å². The zero-order chi connectivity index (χ0) is 10.9. The van der Waals surface area contributed by atoms with Crippen molar-refractivity contribution in [1.82, 2.24) is 4.90 Å². The first-order valence-corrected chi connectivity index (χ1v) is 6.31. The molecule has 0 aromatic rings. The van der Waals surface area contributed by atoms with Gasteiger partial charge in [0.25, 0.3) is 0 Å². The fourth-order valence-electron chi connectivity index (χ4n) is 2.14. The van der Waals surface area contributed by atoms with E-state index in [9.17, 15) is 0 Å². The molecule has 3 nitrogen and oxygen atoms in total. The molecular formula is C12H25NO2. The molecule has 0 bridgehead atoms. The summed E-state index contributed by atoms with van der Waals surface area (Å²) in [5, 5.41) is 8.83. The zero-order valence-corrected chi connectivity index (χ0v) is 9.95. The van der Waals surface area contributed by atoms with Gasteiger partial charge >= 0.3 is 0 Å². The van der Waals surface area contributed by atoms with Crippen LogP contribution in [-0.4, -0.2) is 49.0 Å². The maximum absolute atomic E-state index is 8.83. The van der Waals surface area contributed by atoms with Crippen molar-refractivity contribution in [1.29, 1.82) is 0 Å². The summed E-state index contributed by atoms with van der Waals surface area (Å²) in [4.78, 5) is 2.42. The Labute approximate surface area is 93.4 Å². The van der Waals surface area contributed by atoms with Crippen LogP contribution in [0.1, 0.15) is 39.0 Å². The molecule has 3 heteroatoms. The predicted molar refractivity (Wildman–Crippen MR) is 62.0 cm³/mol. The second kappa shape index (κ2) is 8.08. The standard InChI is InChI=1S/C12H25NO2/c1-2-7-13(8-5-9-14)11-12-6-3-4-10-15-12/h12,14H,2-11H2,1H3. The molecule has 1 heterocycles. The summed E-state index contributed by atoms with van der Waals surface area (Å²) in [6.45, 7) is 6.61. The number of nitrogens with zero attached hydrogens (tertiary/aromatic N) is 1. The third-order valence-electron chi connectivity index (χ3n) is 2.91. The predicted octanol–water partition coefficient (Wildman–Crippen LogP) is 1.65.